The molecule has 1 aromatic rings. The van der Waals surface area contributed by atoms with Crippen LogP contribution in [-0.2, 0) is 0 Å². The summed E-state index contributed by atoms with van der Waals surface area (Å²) < 4.78 is 0. The van der Waals surface area contributed by atoms with Gasteiger partial charge in [0.2, 0.25) is 0 Å². The fourth-order valence-electron chi connectivity index (χ4n) is 0.772. The molecule has 1 N–H and O–H groups in total. The number of halogens is 2. The lowest BCUT2D eigenvalue weighted by Gasteiger charge is -2.06. The summed E-state index contributed by atoms with van der Waals surface area (Å²) in [6.07, 6.45) is -0.792. The first kappa shape index (κ1) is 8.85. The largest absolute Gasteiger partial charge is 0.388 e. The molecule has 0 fully saturated rings. The van der Waals surface area contributed by atoms with Crippen molar-refractivity contribution in [3.63, 3.8) is 0 Å². The zero-order valence-electron chi connectivity index (χ0n) is 5.72. The molecule has 1 rings (SSSR count). The number of rotatable bonds is 1. The van der Waals surface area contributed by atoms with Gasteiger partial charge in [-0.2, -0.15) is 0 Å². The van der Waals surface area contributed by atoms with Gasteiger partial charge in [0.1, 0.15) is 0 Å². The van der Waals surface area contributed by atoms with Crippen molar-refractivity contribution >= 4 is 23.2 Å². The van der Waals surface area contributed by atoms with Crippen LogP contribution in [0.25, 0.3) is 0 Å². The Hall–Kier alpha value is -0.240. The molecule has 0 aliphatic carbocycles. The maximum atomic E-state index is 9.06. The van der Waals surface area contributed by atoms with Gasteiger partial charge in [0.15, 0.2) is 0 Å². The lowest BCUT2D eigenvalue weighted by atomic mass is 10.1. The number of hydrogen-bond acceptors (Lipinski definition) is 1. The Morgan fingerprint density at radius 1 is 1.36 bits per heavy atom. The SMILES string of the molecule is [CH2]C(O)c1ccc(Cl)cc1Cl. The zero-order valence-corrected chi connectivity index (χ0v) is 7.23. The van der Waals surface area contributed by atoms with E-state index in [1.54, 1.807) is 18.2 Å². The molecule has 0 saturated carbocycles. The molecule has 11 heavy (non-hydrogen) atoms. The van der Waals surface area contributed by atoms with Crippen molar-refractivity contribution in [2.24, 2.45) is 0 Å². The van der Waals surface area contributed by atoms with Gasteiger partial charge in [-0.05, 0) is 24.6 Å². The summed E-state index contributed by atoms with van der Waals surface area (Å²) in [4.78, 5) is 0. The minimum atomic E-state index is -0.792. The molecule has 1 aromatic carbocycles. The number of benzene rings is 1. The van der Waals surface area contributed by atoms with Gasteiger partial charge in [0, 0.05) is 10.0 Å². The first-order valence-corrected chi connectivity index (χ1v) is 3.83. The highest BCUT2D eigenvalue weighted by Gasteiger charge is 2.05. The summed E-state index contributed by atoms with van der Waals surface area (Å²) >= 11 is 11.4. The van der Waals surface area contributed by atoms with Crippen LogP contribution in [0.1, 0.15) is 11.7 Å². The van der Waals surface area contributed by atoms with E-state index >= 15 is 0 Å². The number of aliphatic hydroxyl groups is 1. The second kappa shape index (κ2) is 3.44. The average Bonchev–Trinajstić information content (AvgIpc) is 1.85. The van der Waals surface area contributed by atoms with Gasteiger partial charge in [-0.15, -0.1) is 0 Å². The average molecular weight is 190 g/mol. The maximum absolute atomic E-state index is 9.06. The Bertz CT molecular complexity index is 258. The van der Waals surface area contributed by atoms with Crippen molar-refractivity contribution in [2.75, 3.05) is 0 Å². The molecule has 0 aliphatic rings. The van der Waals surface area contributed by atoms with E-state index < -0.39 is 6.10 Å². The van der Waals surface area contributed by atoms with Crippen LogP contribution in [0.15, 0.2) is 18.2 Å². The smallest absolute Gasteiger partial charge is 0.0805 e. The van der Waals surface area contributed by atoms with Gasteiger partial charge < -0.3 is 5.11 Å². The van der Waals surface area contributed by atoms with E-state index in [9.17, 15) is 0 Å². The van der Waals surface area contributed by atoms with Gasteiger partial charge in [0.25, 0.3) is 0 Å². The van der Waals surface area contributed by atoms with E-state index in [0.717, 1.165) is 0 Å². The summed E-state index contributed by atoms with van der Waals surface area (Å²) in [6, 6.07) is 4.90. The highest BCUT2D eigenvalue weighted by atomic mass is 35.5. The molecule has 0 spiro atoms. The third-order valence-electron chi connectivity index (χ3n) is 1.32. The van der Waals surface area contributed by atoms with Crippen molar-refractivity contribution in [2.45, 2.75) is 6.10 Å². The molecule has 1 radical (unpaired) electrons. The lowest BCUT2D eigenvalue weighted by Crippen LogP contribution is -1.91. The van der Waals surface area contributed by atoms with Crippen LogP contribution in [0.4, 0.5) is 0 Å². The minimum absolute atomic E-state index is 0.444. The first-order chi connectivity index (χ1) is 5.11. The molecule has 0 aliphatic heterocycles. The Balaban J connectivity index is 3.09. The highest BCUT2D eigenvalue weighted by Crippen LogP contribution is 2.25. The predicted molar refractivity (Wildman–Crippen MR) is 46.8 cm³/mol. The van der Waals surface area contributed by atoms with Crippen LogP contribution in [0.3, 0.4) is 0 Å². The van der Waals surface area contributed by atoms with Crippen molar-refractivity contribution in [3.8, 4) is 0 Å². The van der Waals surface area contributed by atoms with E-state index in [4.69, 9.17) is 28.3 Å². The molecule has 0 aromatic heterocycles. The number of hydrogen-bond donors (Lipinski definition) is 1. The van der Waals surface area contributed by atoms with Crippen molar-refractivity contribution in [1.82, 2.24) is 0 Å². The first-order valence-electron chi connectivity index (χ1n) is 3.07. The van der Waals surface area contributed by atoms with E-state index in [0.29, 0.717) is 15.6 Å². The summed E-state index contributed by atoms with van der Waals surface area (Å²) in [6.45, 7) is 3.43. The molecule has 1 nitrogen and oxygen atoms in total. The van der Waals surface area contributed by atoms with Gasteiger partial charge >= 0.3 is 0 Å². The molecular formula is C8H7Cl2O. The van der Waals surface area contributed by atoms with Gasteiger partial charge in [-0.1, -0.05) is 29.3 Å². The highest BCUT2D eigenvalue weighted by molar-refractivity contribution is 6.35. The summed E-state index contributed by atoms with van der Waals surface area (Å²) in [7, 11) is 0. The minimum Gasteiger partial charge on any atom is -0.388 e. The third-order valence-corrected chi connectivity index (χ3v) is 1.88. The Morgan fingerprint density at radius 2 is 2.00 bits per heavy atom. The van der Waals surface area contributed by atoms with Crippen molar-refractivity contribution in [1.29, 1.82) is 0 Å². The monoisotopic (exact) mass is 189 g/mol. The molecule has 0 amide bonds. The summed E-state index contributed by atoms with van der Waals surface area (Å²) in [5.74, 6) is 0. The van der Waals surface area contributed by atoms with E-state index in [1.807, 2.05) is 0 Å². The predicted octanol–water partition coefficient (Wildman–Crippen LogP) is 2.86. The van der Waals surface area contributed by atoms with Crippen molar-refractivity contribution < 1.29 is 5.11 Å². The topological polar surface area (TPSA) is 20.2 Å². The second-order valence-electron chi connectivity index (χ2n) is 2.18. The number of aliphatic hydroxyl groups excluding tert-OH is 1. The van der Waals surface area contributed by atoms with Gasteiger partial charge in [-0.3, -0.25) is 0 Å². The normalized spacial score (nSPS) is 13.1. The molecule has 3 heteroatoms. The molecular weight excluding hydrogens is 183 g/mol. The van der Waals surface area contributed by atoms with E-state index in [-0.39, 0.29) is 0 Å². The molecule has 1 unspecified atom stereocenters. The van der Waals surface area contributed by atoms with Crippen LogP contribution in [0.2, 0.25) is 10.0 Å². The summed E-state index contributed by atoms with van der Waals surface area (Å²) in [5.41, 5.74) is 0.594. The Kier molecular flexibility index (Phi) is 2.77. The van der Waals surface area contributed by atoms with Crippen molar-refractivity contribution in [3.05, 3.63) is 40.7 Å². The van der Waals surface area contributed by atoms with Crippen LogP contribution in [0, 0.1) is 6.92 Å². The second-order valence-corrected chi connectivity index (χ2v) is 3.03. The molecule has 59 valence electrons. The van der Waals surface area contributed by atoms with Crippen LogP contribution >= 0.6 is 23.2 Å². The van der Waals surface area contributed by atoms with E-state index in [2.05, 4.69) is 6.92 Å². The van der Waals surface area contributed by atoms with E-state index in [1.165, 1.54) is 0 Å². The molecule has 1 atom stereocenters. The summed E-state index contributed by atoms with van der Waals surface area (Å²) in [5, 5.41) is 10.1. The van der Waals surface area contributed by atoms with Crippen LogP contribution < -0.4 is 0 Å². The van der Waals surface area contributed by atoms with Crippen LogP contribution in [0.5, 0.6) is 0 Å². The Morgan fingerprint density at radius 3 is 2.45 bits per heavy atom. The zero-order chi connectivity index (χ0) is 8.43. The fourth-order valence-corrected chi connectivity index (χ4v) is 1.31. The molecule has 0 saturated heterocycles. The van der Waals surface area contributed by atoms with Gasteiger partial charge in [0.05, 0.1) is 6.10 Å². The standard InChI is InChI=1S/C8H7Cl2O/c1-5(11)7-3-2-6(9)4-8(7)10/h2-5,11H,1H2. The maximum Gasteiger partial charge on any atom is 0.0805 e. The lowest BCUT2D eigenvalue weighted by molar-refractivity contribution is 0.226. The van der Waals surface area contributed by atoms with Crippen LogP contribution in [-0.4, -0.2) is 5.11 Å². The fraction of sp³-hybridized carbons (Fsp3) is 0.125. The third kappa shape index (κ3) is 2.09. The molecule has 0 bridgehead atoms. The molecule has 0 heterocycles. The van der Waals surface area contributed by atoms with Gasteiger partial charge in [-0.25, -0.2) is 0 Å². The Labute approximate surface area is 75.6 Å². The quantitative estimate of drug-likeness (QED) is 0.721.